The minimum atomic E-state index is -0.590. The molecule has 19 heavy (non-hydrogen) atoms. The number of benzene rings is 1. The van der Waals surface area contributed by atoms with Crippen molar-refractivity contribution in [1.82, 2.24) is 14.9 Å². The van der Waals surface area contributed by atoms with E-state index < -0.39 is 5.82 Å². The van der Waals surface area contributed by atoms with Crippen molar-refractivity contribution < 1.29 is 4.39 Å². The smallest absolute Gasteiger partial charge is 0.160 e. The molecule has 2 heterocycles. The summed E-state index contributed by atoms with van der Waals surface area (Å²) in [6.07, 6.45) is 5.71. The topological polar surface area (TPSA) is 29.9 Å². The first kappa shape index (κ1) is 12.9. The van der Waals surface area contributed by atoms with Gasteiger partial charge in [-0.05, 0) is 31.5 Å². The predicted molar refractivity (Wildman–Crippen MR) is 73.5 cm³/mol. The quantitative estimate of drug-likeness (QED) is 0.856. The van der Waals surface area contributed by atoms with E-state index in [-0.39, 0.29) is 16.1 Å². The number of nitrogens with zero attached hydrogens (tertiary/aromatic N) is 2. The zero-order chi connectivity index (χ0) is 13.4. The molecule has 100 valence electrons. The Kier molecular flexibility index (Phi) is 3.48. The highest BCUT2D eigenvalue weighted by Crippen LogP contribution is 2.30. The summed E-state index contributed by atoms with van der Waals surface area (Å²) in [7, 11) is 0. The normalized spacial score (nSPS) is 19.0. The van der Waals surface area contributed by atoms with Crippen molar-refractivity contribution in [2.75, 3.05) is 6.54 Å². The van der Waals surface area contributed by atoms with Crippen molar-refractivity contribution >= 4 is 23.2 Å². The van der Waals surface area contributed by atoms with E-state index in [1.165, 1.54) is 0 Å². The zero-order valence-electron chi connectivity index (χ0n) is 10.0. The lowest BCUT2D eigenvalue weighted by Gasteiger charge is -2.14. The van der Waals surface area contributed by atoms with Gasteiger partial charge in [-0.25, -0.2) is 9.37 Å². The van der Waals surface area contributed by atoms with Crippen LogP contribution in [0.15, 0.2) is 24.7 Å². The monoisotopic (exact) mass is 299 g/mol. The van der Waals surface area contributed by atoms with E-state index in [9.17, 15) is 4.39 Å². The van der Waals surface area contributed by atoms with E-state index in [0.717, 1.165) is 30.8 Å². The highest BCUT2D eigenvalue weighted by molar-refractivity contribution is 6.35. The van der Waals surface area contributed by atoms with Crippen LogP contribution in [0.25, 0.3) is 5.69 Å². The van der Waals surface area contributed by atoms with Crippen LogP contribution in [0.2, 0.25) is 10.0 Å². The fourth-order valence-electron chi connectivity index (χ4n) is 2.40. The first-order valence-electron chi connectivity index (χ1n) is 6.07. The third kappa shape index (κ3) is 2.36. The standard InChI is InChI=1S/C13H12Cl2FN3/c14-9-4-8(5-10(15)13(9)16)19-7-17-6-12(19)11-2-1-3-18-11/h4-7,11,18H,1-3H2/t11-/m0/s1. The maximum Gasteiger partial charge on any atom is 0.160 e. The second kappa shape index (κ2) is 5.12. The third-order valence-corrected chi connectivity index (χ3v) is 3.88. The average molecular weight is 300 g/mol. The van der Waals surface area contributed by atoms with Crippen LogP contribution in [0.4, 0.5) is 4.39 Å². The largest absolute Gasteiger partial charge is 0.309 e. The molecule has 3 rings (SSSR count). The molecule has 0 saturated carbocycles. The number of hydrogen-bond acceptors (Lipinski definition) is 2. The molecule has 3 nitrogen and oxygen atoms in total. The van der Waals surface area contributed by atoms with Crippen LogP contribution in [0.5, 0.6) is 0 Å². The highest BCUT2D eigenvalue weighted by atomic mass is 35.5. The first-order valence-corrected chi connectivity index (χ1v) is 6.83. The maximum absolute atomic E-state index is 13.5. The lowest BCUT2D eigenvalue weighted by atomic mass is 10.1. The van der Waals surface area contributed by atoms with Gasteiger partial charge < -0.3 is 9.88 Å². The molecular formula is C13H12Cl2FN3. The van der Waals surface area contributed by atoms with Crippen molar-refractivity contribution in [3.8, 4) is 5.69 Å². The molecule has 1 aromatic heterocycles. The van der Waals surface area contributed by atoms with Crippen molar-refractivity contribution in [2.24, 2.45) is 0 Å². The number of hydrogen-bond donors (Lipinski definition) is 1. The van der Waals surface area contributed by atoms with Crippen LogP contribution >= 0.6 is 23.2 Å². The van der Waals surface area contributed by atoms with Gasteiger partial charge in [-0.3, -0.25) is 0 Å². The summed E-state index contributed by atoms with van der Waals surface area (Å²) in [5, 5.41) is 3.44. The minimum absolute atomic E-state index is 0.0153. The van der Waals surface area contributed by atoms with Gasteiger partial charge in [-0.15, -0.1) is 0 Å². The van der Waals surface area contributed by atoms with Gasteiger partial charge in [0, 0.05) is 11.7 Å². The molecule has 1 aliphatic heterocycles. The Hall–Kier alpha value is -1.10. The molecule has 1 aliphatic rings. The average Bonchev–Trinajstić information content (AvgIpc) is 3.04. The van der Waals surface area contributed by atoms with Gasteiger partial charge in [-0.1, -0.05) is 23.2 Å². The van der Waals surface area contributed by atoms with Gasteiger partial charge in [0.25, 0.3) is 0 Å². The predicted octanol–water partition coefficient (Wildman–Crippen LogP) is 3.74. The molecule has 1 saturated heterocycles. The molecule has 2 aromatic rings. The summed E-state index contributed by atoms with van der Waals surface area (Å²) >= 11 is 11.7. The Morgan fingerprint density at radius 3 is 2.68 bits per heavy atom. The van der Waals surface area contributed by atoms with E-state index in [1.54, 1.807) is 18.5 Å². The van der Waals surface area contributed by atoms with Crippen LogP contribution in [0.3, 0.4) is 0 Å². The molecule has 0 aliphatic carbocycles. The number of halogens is 3. The van der Waals surface area contributed by atoms with Gasteiger partial charge in [0.15, 0.2) is 5.82 Å². The lowest BCUT2D eigenvalue weighted by molar-refractivity contribution is 0.613. The molecular weight excluding hydrogens is 288 g/mol. The third-order valence-electron chi connectivity index (χ3n) is 3.33. The van der Waals surface area contributed by atoms with E-state index in [4.69, 9.17) is 23.2 Å². The van der Waals surface area contributed by atoms with Gasteiger partial charge in [-0.2, -0.15) is 0 Å². The SMILES string of the molecule is Fc1c(Cl)cc(-n2cncc2[C@@H]2CCCN2)cc1Cl. The number of aromatic nitrogens is 2. The number of nitrogens with one attached hydrogen (secondary N) is 1. The van der Waals surface area contributed by atoms with Gasteiger partial charge in [0.2, 0.25) is 0 Å². The van der Waals surface area contributed by atoms with Crippen LogP contribution in [0, 0.1) is 5.82 Å². The fourth-order valence-corrected chi connectivity index (χ4v) is 2.87. The van der Waals surface area contributed by atoms with E-state index >= 15 is 0 Å². The molecule has 0 bridgehead atoms. The molecule has 1 fully saturated rings. The Morgan fingerprint density at radius 2 is 2.05 bits per heavy atom. The minimum Gasteiger partial charge on any atom is -0.309 e. The molecule has 6 heteroatoms. The van der Waals surface area contributed by atoms with Crippen LogP contribution in [-0.2, 0) is 0 Å². The second-order valence-electron chi connectivity index (χ2n) is 4.56. The summed E-state index contributed by atoms with van der Waals surface area (Å²) < 4.78 is 15.3. The van der Waals surface area contributed by atoms with Crippen LogP contribution in [-0.4, -0.2) is 16.1 Å². The van der Waals surface area contributed by atoms with Gasteiger partial charge >= 0.3 is 0 Å². The lowest BCUT2D eigenvalue weighted by Crippen LogP contribution is -2.16. The summed E-state index contributed by atoms with van der Waals surface area (Å²) in [6.45, 7) is 1.00. The Labute approximate surface area is 120 Å². The zero-order valence-corrected chi connectivity index (χ0v) is 11.5. The van der Waals surface area contributed by atoms with Crippen molar-refractivity contribution in [3.63, 3.8) is 0 Å². The Morgan fingerprint density at radius 1 is 1.32 bits per heavy atom. The van der Waals surface area contributed by atoms with Crippen LogP contribution in [0.1, 0.15) is 24.6 Å². The molecule has 0 spiro atoms. The molecule has 0 unspecified atom stereocenters. The molecule has 1 atom stereocenters. The van der Waals surface area contributed by atoms with Crippen molar-refractivity contribution in [1.29, 1.82) is 0 Å². The van der Waals surface area contributed by atoms with Crippen LogP contribution < -0.4 is 5.32 Å². The molecule has 1 N–H and O–H groups in total. The van der Waals surface area contributed by atoms with E-state index in [1.807, 2.05) is 10.8 Å². The molecule has 0 radical (unpaired) electrons. The summed E-state index contributed by atoms with van der Waals surface area (Å²) in [6, 6.07) is 3.39. The molecule has 1 aromatic carbocycles. The molecule has 0 amide bonds. The Bertz CT molecular complexity index is 583. The van der Waals surface area contributed by atoms with E-state index in [2.05, 4.69) is 10.3 Å². The summed E-state index contributed by atoms with van der Waals surface area (Å²) in [4.78, 5) is 4.17. The van der Waals surface area contributed by atoms with Crippen molar-refractivity contribution in [2.45, 2.75) is 18.9 Å². The van der Waals surface area contributed by atoms with E-state index in [0.29, 0.717) is 0 Å². The summed E-state index contributed by atoms with van der Waals surface area (Å²) in [5.74, 6) is -0.590. The maximum atomic E-state index is 13.5. The van der Waals surface area contributed by atoms with Gasteiger partial charge in [0.05, 0.1) is 28.3 Å². The fraction of sp³-hybridized carbons (Fsp3) is 0.308. The highest BCUT2D eigenvalue weighted by Gasteiger charge is 2.21. The number of imidazole rings is 1. The summed E-state index contributed by atoms with van der Waals surface area (Å²) in [5.41, 5.74) is 1.76. The number of rotatable bonds is 2. The van der Waals surface area contributed by atoms with Gasteiger partial charge in [0.1, 0.15) is 0 Å². The van der Waals surface area contributed by atoms with Crippen molar-refractivity contribution in [3.05, 3.63) is 46.2 Å². The first-order chi connectivity index (χ1) is 9.16. The Balaban J connectivity index is 2.05. The second-order valence-corrected chi connectivity index (χ2v) is 5.38.